The summed E-state index contributed by atoms with van der Waals surface area (Å²) in [4.78, 5) is 19.4. The van der Waals surface area contributed by atoms with E-state index in [1.54, 1.807) is 12.4 Å². The van der Waals surface area contributed by atoms with Gasteiger partial charge in [-0.1, -0.05) is 0 Å². The highest BCUT2D eigenvalue weighted by molar-refractivity contribution is 9.10. The van der Waals surface area contributed by atoms with Crippen molar-refractivity contribution in [2.75, 3.05) is 11.9 Å². The van der Waals surface area contributed by atoms with Crippen molar-refractivity contribution < 1.29 is 4.79 Å². The lowest BCUT2D eigenvalue weighted by Crippen LogP contribution is -2.27. The monoisotopic (exact) mass is 284 g/mol. The first kappa shape index (κ1) is 11.3. The maximum absolute atomic E-state index is 11.3. The number of rotatable bonds is 5. The number of hydrogen-bond donors (Lipinski definition) is 2. The molecule has 0 aliphatic heterocycles. The molecule has 0 saturated heterocycles. The van der Waals surface area contributed by atoms with Crippen molar-refractivity contribution >= 4 is 27.8 Å². The first-order valence-corrected chi connectivity index (χ1v) is 6.04. The van der Waals surface area contributed by atoms with Crippen LogP contribution in [-0.4, -0.2) is 28.5 Å². The summed E-state index contributed by atoms with van der Waals surface area (Å²) >= 11 is 3.25. The number of amides is 1. The van der Waals surface area contributed by atoms with Crippen molar-refractivity contribution in [1.82, 2.24) is 15.3 Å². The normalized spacial score (nSPS) is 14.6. The zero-order valence-corrected chi connectivity index (χ0v) is 10.3. The molecule has 0 spiro atoms. The smallest absolute Gasteiger partial charge is 0.222 e. The summed E-state index contributed by atoms with van der Waals surface area (Å²) in [6.07, 6.45) is 6.03. The molecule has 1 aromatic heterocycles. The number of nitrogens with one attached hydrogen (secondary N) is 2. The summed E-state index contributed by atoms with van der Waals surface area (Å²) in [5.41, 5.74) is 0. The summed E-state index contributed by atoms with van der Waals surface area (Å²) in [5, 5.41) is 5.91. The highest BCUT2D eigenvalue weighted by Crippen LogP contribution is 2.18. The van der Waals surface area contributed by atoms with Crippen molar-refractivity contribution in [2.45, 2.75) is 25.3 Å². The Morgan fingerprint density at radius 2 is 2.12 bits per heavy atom. The molecular weight excluding hydrogens is 272 g/mol. The molecule has 1 aliphatic rings. The number of carbonyl (C=O) groups excluding carboxylic acids is 1. The molecule has 0 radical (unpaired) electrons. The lowest BCUT2D eigenvalue weighted by Gasteiger charge is -2.05. The fraction of sp³-hybridized carbons (Fsp3) is 0.500. The van der Waals surface area contributed by atoms with E-state index in [-0.39, 0.29) is 5.91 Å². The van der Waals surface area contributed by atoms with E-state index in [0.717, 1.165) is 17.3 Å². The molecule has 0 atom stereocenters. The maximum atomic E-state index is 11.3. The molecule has 1 heterocycles. The molecule has 1 aromatic rings. The molecule has 1 saturated carbocycles. The number of carbonyl (C=O) groups is 1. The van der Waals surface area contributed by atoms with Crippen LogP contribution in [0, 0.1) is 0 Å². The van der Waals surface area contributed by atoms with E-state index >= 15 is 0 Å². The number of hydrogen-bond acceptors (Lipinski definition) is 4. The third-order valence-corrected chi connectivity index (χ3v) is 2.61. The standard InChI is InChI=1S/C10H13BrN4O/c11-7-5-13-10(14-6-7)12-4-3-9(16)15-8-1-2-8/h5-6,8H,1-4H2,(H,15,16)(H,12,13,14). The van der Waals surface area contributed by atoms with Gasteiger partial charge >= 0.3 is 0 Å². The van der Waals surface area contributed by atoms with Gasteiger partial charge < -0.3 is 10.6 Å². The Bertz CT molecular complexity index is 364. The predicted molar refractivity (Wildman–Crippen MR) is 64.0 cm³/mol. The van der Waals surface area contributed by atoms with E-state index in [2.05, 4.69) is 36.5 Å². The van der Waals surface area contributed by atoms with Gasteiger partial charge in [0, 0.05) is 31.4 Å². The molecule has 1 amide bonds. The van der Waals surface area contributed by atoms with Crippen LogP contribution in [0.1, 0.15) is 19.3 Å². The molecule has 2 rings (SSSR count). The van der Waals surface area contributed by atoms with E-state index in [9.17, 15) is 4.79 Å². The average Bonchev–Trinajstić information content (AvgIpc) is 3.05. The van der Waals surface area contributed by atoms with Crippen molar-refractivity contribution in [2.24, 2.45) is 0 Å². The number of aromatic nitrogens is 2. The van der Waals surface area contributed by atoms with Gasteiger partial charge in [0.1, 0.15) is 0 Å². The Morgan fingerprint density at radius 3 is 2.75 bits per heavy atom. The largest absolute Gasteiger partial charge is 0.354 e. The highest BCUT2D eigenvalue weighted by Gasteiger charge is 2.22. The lowest BCUT2D eigenvalue weighted by atomic mass is 10.4. The zero-order valence-electron chi connectivity index (χ0n) is 8.74. The Hall–Kier alpha value is -1.17. The zero-order chi connectivity index (χ0) is 11.4. The third-order valence-electron chi connectivity index (χ3n) is 2.20. The number of nitrogens with zero attached hydrogens (tertiary/aromatic N) is 2. The predicted octanol–water partition coefficient (Wildman–Crippen LogP) is 1.32. The van der Waals surface area contributed by atoms with Crippen molar-refractivity contribution in [3.05, 3.63) is 16.9 Å². The van der Waals surface area contributed by atoms with Crippen LogP contribution in [0.25, 0.3) is 0 Å². The van der Waals surface area contributed by atoms with Crippen LogP contribution in [0.2, 0.25) is 0 Å². The molecule has 86 valence electrons. The Kier molecular flexibility index (Phi) is 3.71. The van der Waals surface area contributed by atoms with Crippen molar-refractivity contribution in [3.63, 3.8) is 0 Å². The summed E-state index contributed by atoms with van der Waals surface area (Å²) in [7, 11) is 0. The van der Waals surface area contributed by atoms with Gasteiger partial charge in [-0.15, -0.1) is 0 Å². The summed E-state index contributed by atoms with van der Waals surface area (Å²) in [6.45, 7) is 0.556. The van der Waals surface area contributed by atoms with Gasteiger partial charge in [0.15, 0.2) is 0 Å². The molecule has 1 fully saturated rings. The molecule has 0 unspecified atom stereocenters. The van der Waals surface area contributed by atoms with Crippen LogP contribution >= 0.6 is 15.9 Å². The van der Waals surface area contributed by atoms with E-state index in [0.29, 0.717) is 25.0 Å². The Morgan fingerprint density at radius 1 is 1.44 bits per heavy atom. The first-order valence-electron chi connectivity index (χ1n) is 5.25. The van der Waals surface area contributed by atoms with E-state index in [4.69, 9.17) is 0 Å². The second-order valence-electron chi connectivity index (χ2n) is 3.74. The van der Waals surface area contributed by atoms with E-state index < -0.39 is 0 Å². The van der Waals surface area contributed by atoms with Gasteiger partial charge in [0.25, 0.3) is 0 Å². The average molecular weight is 285 g/mol. The molecule has 16 heavy (non-hydrogen) atoms. The van der Waals surface area contributed by atoms with Crippen LogP contribution in [0.3, 0.4) is 0 Å². The summed E-state index contributed by atoms with van der Waals surface area (Å²) in [6, 6.07) is 0.427. The molecule has 2 N–H and O–H groups in total. The summed E-state index contributed by atoms with van der Waals surface area (Å²) < 4.78 is 0.838. The van der Waals surface area contributed by atoms with E-state index in [1.807, 2.05) is 0 Å². The first-order chi connectivity index (χ1) is 7.74. The fourth-order valence-corrected chi connectivity index (χ4v) is 1.42. The van der Waals surface area contributed by atoms with Gasteiger partial charge in [-0.25, -0.2) is 9.97 Å². The van der Waals surface area contributed by atoms with E-state index in [1.165, 1.54) is 0 Å². The fourth-order valence-electron chi connectivity index (χ4n) is 1.22. The van der Waals surface area contributed by atoms with Gasteiger partial charge in [-0.3, -0.25) is 4.79 Å². The number of halogens is 1. The quantitative estimate of drug-likeness (QED) is 0.856. The number of anilines is 1. The third kappa shape index (κ3) is 3.77. The Labute approximate surface area is 102 Å². The molecule has 6 heteroatoms. The second-order valence-corrected chi connectivity index (χ2v) is 4.66. The van der Waals surface area contributed by atoms with Crippen LogP contribution in [-0.2, 0) is 4.79 Å². The molecule has 1 aliphatic carbocycles. The van der Waals surface area contributed by atoms with Crippen LogP contribution < -0.4 is 10.6 Å². The van der Waals surface area contributed by atoms with Gasteiger partial charge in [0.05, 0.1) is 4.47 Å². The molecular formula is C10H13BrN4O. The van der Waals surface area contributed by atoms with Gasteiger partial charge in [-0.2, -0.15) is 0 Å². The van der Waals surface area contributed by atoms with Crippen LogP contribution in [0.15, 0.2) is 16.9 Å². The lowest BCUT2D eigenvalue weighted by molar-refractivity contribution is -0.120. The summed E-state index contributed by atoms with van der Waals surface area (Å²) in [5.74, 6) is 0.634. The highest BCUT2D eigenvalue weighted by atomic mass is 79.9. The molecule has 0 bridgehead atoms. The minimum atomic E-state index is 0.0899. The van der Waals surface area contributed by atoms with Gasteiger partial charge in [0.2, 0.25) is 11.9 Å². The topological polar surface area (TPSA) is 66.9 Å². The van der Waals surface area contributed by atoms with Crippen molar-refractivity contribution in [3.8, 4) is 0 Å². The molecule has 5 nitrogen and oxygen atoms in total. The molecule has 0 aromatic carbocycles. The minimum Gasteiger partial charge on any atom is -0.354 e. The minimum absolute atomic E-state index is 0.0899. The van der Waals surface area contributed by atoms with Crippen LogP contribution in [0.5, 0.6) is 0 Å². The second kappa shape index (κ2) is 5.25. The Balaban J connectivity index is 1.66. The van der Waals surface area contributed by atoms with Crippen LogP contribution in [0.4, 0.5) is 5.95 Å². The maximum Gasteiger partial charge on any atom is 0.222 e. The van der Waals surface area contributed by atoms with Gasteiger partial charge in [-0.05, 0) is 28.8 Å². The van der Waals surface area contributed by atoms with Crippen molar-refractivity contribution in [1.29, 1.82) is 0 Å². The SMILES string of the molecule is O=C(CCNc1ncc(Br)cn1)NC1CC1.